The van der Waals surface area contributed by atoms with Crippen LogP contribution in [0.1, 0.15) is 22.7 Å². The minimum Gasteiger partial charge on any atom is -0.323 e. The van der Waals surface area contributed by atoms with Crippen LogP contribution in [0.2, 0.25) is 0 Å². The summed E-state index contributed by atoms with van der Waals surface area (Å²) in [6.45, 7) is 3.22. The molecule has 0 bridgehead atoms. The summed E-state index contributed by atoms with van der Waals surface area (Å²) in [5.74, 6) is 0. The van der Waals surface area contributed by atoms with E-state index in [4.69, 9.17) is 5.73 Å². The smallest absolute Gasteiger partial charge is 0.256 e. The molecule has 0 spiro atoms. The second-order valence-electron chi connectivity index (χ2n) is 7.11. The Morgan fingerprint density at radius 1 is 0.700 bits per heavy atom. The van der Waals surface area contributed by atoms with Crippen molar-refractivity contribution in [1.29, 1.82) is 0 Å². The molecule has 0 aromatic heterocycles. The SMILES string of the molecule is Cc1ccc(S(=O)(=O)N(CC(N)c2ccccc2)S(=O)(=O)c2ccc(C)cc2)cc1. The van der Waals surface area contributed by atoms with E-state index < -0.39 is 32.6 Å². The van der Waals surface area contributed by atoms with Crippen molar-refractivity contribution in [3.05, 3.63) is 95.6 Å². The molecule has 0 heterocycles. The number of hydrogen-bond donors (Lipinski definition) is 1. The van der Waals surface area contributed by atoms with Crippen molar-refractivity contribution in [1.82, 2.24) is 3.71 Å². The fourth-order valence-electron chi connectivity index (χ4n) is 2.95. The Bertz CT molecular complexity index is 1130. The van der Waals surface area contributed by atoms with Crippen LogP contribution >= 0.6 is 0 Å². The summed E-state index contributed by atoms with van der Waals surface area (Å²) in [6.07, 6.45) is 0. The van der Waals surface area contributed by atoms with E-state index in [0.717, 1.165) is 11.1 Å². The number of hydrogen-bond acceptors (Lipinski definition) is 5. The molecule has 0 radical (unpaired) electrons. The Labute approximate surface area is 178 Å². The standard InChI is InChI=1S/C22H24N2O4S2/c1-17-8-12-20(13-9-17)29(25,26)24(16-22(23)19-6-4-3-5-7-19)30(27,28)21-14-10-18(2)11-15-21/h3-15,22H,16,23H2,1-2H3. The first-order valence-electron chi connectivity index (χ1n) is 9.34. The molecule has 3 rings (SSSR count). The van der Waals surface area contributed by atoms with E-state index in [2.05, 4.69) is 0 Å². The topological polar surface area (TPSA) is 97.5 Å². The highest BCUT2D eigenvalue weighted by Gasteiger charge is 2.37. The maximum absolute atomic E-state index is 13.4. The second-order valence-corrected chi connectivity index (χ2v) is 11.1. The summed E-state index contributed by atoms with van der Waals surface area (Å²) in [7, 11) is -8.74. The first-order valence-corrected chi connectivity index (χ1v) is 12.2. The zero-order valence-electron chi connectivity index (χ0n) is 16.8. The molecule has 0 fully saturated rings. The van der Waals surface area contributed by atoms with Gasteiger partial charge in [0.15, 0.2) is 0 Å². The average molecular weight is 445 g/mol. The van der Waals surface area contributed by atoms with E-state index in [1.165, 1.54) is 24.3 Å². The first kappa shape index (κ1) is 22.2. The van der Waals surface area contributed by atoms with Crippen molar-refractivity contribution >= 4 is 20.0 Å². The van der Waals surface area contributed by atoms with Crippen LogP contribution < -0.4 is 5.73 Å². The van der Waals surface area contributed by atoms with Crippen LogP contribution in [0.25, 0.3) is 0 Å². The predicted molar refractivity (Wildman–Crippen MR) is 117 cm³/mol. The average Bonchev–Trinajstić information content (AvgIpc) is 2.73. The number of rotatable bonds is 7. The van der Waals surface area contributed by atoms with Gasteiger partial charge in [0, 0.05) is 12.6 Å². The third-order valence-corrected chi connectivity index (χ3v) is 9.03. The molecule has 0 saturated carbocycles. The summed E-state index contributed by atoms with van der Waals surface area (Å²) < 4.78 is 54.1. The van der Waals surface area contributed by atoms with Gasteiger partial charge in [0.1, 0.15) is 0 Å². The van der Waals surface area contributed by atoms with Crippen molar-refractivity contribution in [3.8, 4) is 0 Å². The number of nitrogens with two attached hydrogens (primary N) is 1. The van der Waals surface area contributed by atoms with Crippen LogP contribution in [0, 0.1) is 13.8 Å². The van der Waals surface area contributed by atoms with Gasteiger partial charge in [-0.05, 0) is 43.7 Å². The van der Waals surface area contributed by atoms with E-state index >= 15 is 0 Å². The van der Waals surface area contributed by atoms with Crippen LogP contribution in [0.4, 0.5) is 0 Å². The minimum absolute atomic E-state index is 0.107. The normalized spacial score (nSPS) is 13.3. The highest BCUT2D eigenvalue weighted by atomic mass is 32.3. The van der Waals surface area contributed by atoms with Crippen molar-refractivity contribution in [2.75, 3.05) is 6.54 Å². The fraction of sp³-hybridized carbons (Fsp3) is 0.182. The van der Waals surface area contributed by atoms with Gasteiger partial charge in [-0.2, -0.15) is 0 Å². The van der Waals surface area contributed by atoms with Crippen LogP contribution in [0.15, 0.2) is 88.7 Å². The zero-order valence-corrected chi connectivity index (χ0v) is 18.4. The lowest BCUT2D eigenvalue weighted by molar-refractivity contribution is 0.474. The lowest BCUT2D eigenvalue weighted by Crippen LogP contribution is -2.41. The molecule has 8 heteroatoms. The minimum atomic E-state index is -4.37. The third kappa shape index (κ3) is 4.62. The Hall–Kier alpha value is -2.52. The Morgan fingerprint density at radius 3 is 1.50 bits per heavy atom. The van der Waals surface area contributed by atoms with Crippen LogP contribution in [0.3, 0.4) is 0 Å². The number of sulfonamides is 2. The van der Waals surface area contributed by atoms with Gasteiger partial charge in [-0.25, -0.2) is 16.8 Å². The monoisotopic (exact) mass is 444 g/mol. The molecular weight excluding hydrogens is 420 g/mol. The van der Waals surface area contributed by atoms with Crippen molar-refractivity contribution in [2.24, 2.45) is 5.73 Å². The molecule has 158 valence electrons. The lowest BCUT2D eigenvalue weighted by Gasteiger charge is -2.25. The van der Waals surface area contributed by atoms with Gasteiger partial charge in [-0.3, -0.25) is 0 Å². The molecule has 0 aliphatic carbocycles. The van der Waals surface area contributed by atoms with Crippen molar-refractivity contribution in [2.45, 2.75) is 29.7 Å². The molecule has 0 saturated heterocycles. The van der Waals surface area contributed by atoms with Crippen LogP contribution in [-0.2, 0) is 20.0 Å². The lowest BCUT2D eigenvalue weighted by atomic mass is 10.1. The zero-order chi connectivity index (χ0) is 21.9. The van der Waals surface area contributed by atoms with Gasteiger partial charge in [0.2, 0.25) is 0 Å². The van der Waals surface area contributed by atoms with Gasteiger partial charge in [-0.15, -0.1) is 0 Å². The van der Waals surface area contributed by atoms with Gasteiger partial charge < -0.3 is 5.73 Å². The molecule has 0 amide bonds. The van der Waals surface area contributed by atoms with Gasteiger partial charge >= 0.3 is 0 Å². The molecular formula is C22H24N2O4S2. The predicted octanol–water partition coefficient (Wildman–Crippen LogP) is 3.38. The summed E-state index contributed by atoms with van der Waals surface area (Å²) in [5, 5.41) is 0. The summed E-state index contributed by atoms with van der Waals surface area (Å²) >= 11 is 0. The molecule has 1 atom stereocenters. The Morgan fingerprint density at radius 2 is 1.10 bits per heavy atom. The number of aryl methyl sites for hydroxylation is 2. The molecule has 0 aliphatic rings. The molecule has 2 N–H and O–H groups in total. The molecule has 3 aromatic rings. The summed E-state index contributed by atoms with van der Waals surface area (Å²) in [6, 6.07) is 20.1. The highest BCUT2D eigenvalue weighted by Crippen LogP contribution is 2.27. The van der Waals surface area contributed by atoms with Gasteiger partial charge in [-0.1, -0.05) is 69.4 Å². The highest BCUT2D eigenvalue weighted by molar-refractivity contribution is 8.04. The van der Waals surface area contributed by atoms with Crippen LogP contribution in [0.5, 0.6) is 0 Å². The Balaban J connectivity index is 2.10. The third-order valence-electron chi connectivity index (χ3n) is 4.75. The van der Waals surface area contributed by atoms with Gasteiger partial charge in [0.25, 0.3) is 20.0 Å². The van der Waals surface area contributed by atoms with E-state index in [1.807, 2.05) is 13.8 Å². The van der Waals surface area contributed by atoms with E-state index in [9.17, 15) is 16.8 Å². The van der Waals surface area contributed by atoms with Crippen LogP contribution in [-0.4, -0.2) is 27.1 Å². The molecule has 1 unspecified atom stereocenters. The fourth-order valence-corrected chi connectivity index (χ4v) is 6.64. The maximum Gasteiger partial charge on any atom is 0.256 e. The van der Waals surface area contributed by atoms with E-state index in [1.54, 1.807) is 54.6 Å². The quantitative estimate of drug-likeness (QED) is 0.602. The molecule has 3 aromatic carbocycles. The number of benzene rings is 3. The first-order chi connectivity index (χ1) is 14.1. The van der Waals surface area contributed by atoms with E-state index in [0.29, 0.717) is 9.27 Å². The van der Waals surface area contributed by atoms with Crippen molar-refractivity contribution < 1.29 is 16.8 Å². The largest absolute Gasteiger partial charge is 0.323 e. The maximum atomic E-state index is 13.4. The molecule has 30 heavy (non-hydrogen) atoms. The van der Waals surface area contributed by atoms with Crippen molar-refractivity contribution in [3.63, 3.8) is 0 Å². The Kier molecular flexibility index (Phi) is 6.42. The molecule has 6 nitrogen and oxygen atoms in total. The molecule has 0 aliphatic heterocycles. The number of nitrogens with zero attached hydrogens (tertiary/aromatic N) is 1. The summed E-state index contributed by atoms with van der Waals surface area (Å²) in [4.78, 5) is -0.215. The summed E-state index contributed by atoms with van der Waals surface area (Å²) in [5.41, 5.74) is 8.59. The van der Waals surface area contributed by atoms with Gasteiger partial charge in [0.05, 0.1) is 9.79 Å². The van der Waals surface area contributed by atoms with E-state index in [-0.39, 0.29) is 9.79 Å². The second kappa shape index (κ2) is 8.69.